The summed E-state index contributed by atoms with van der Waals surface area (Å²) in [5.41, 5.74) is 4.98. The zero-order valence-corrected chi connectivity index (χ0v) is 21.4. The molecule has 10 heteroatoms. The Morgan fingerprint density at radius 3 is 2.53 bits per heavy atom. The molecule has 4 N–H and O–H groups in total. The third kappa shape index (κ3) is 5.86. The zero-order chi connectivity index (χ0) is 27.2. The molecule has 2 aromatic carbocycles. The number of pyridine rings is 1. The van der Waals surface area contributed by atoms with Gasteiger partial charge in [0.15, 0.2) is 0 Å². The molecule has 1 aliphatic rings. The van der Waals surface area contributed by atoms with Crippen LogP contribution in [0.4, 0.5) is 10.5 Å². The summed E-state index contributed by atoms with van der Waals surface area (Å²) in [6, 6.07) is 16.1. The van der Waals surface area contributed by atoms with Gasteiger partial charge in [-0.3, -0.25) is 19.8 Å². The number of hydrogen-bond acceptors (Lipinski definition) is 6. The molecular weight excluding hydrogens is 488 g/mol. The number of amides is 3. The van der Waals surface area contributed by atoms with E-state index in [1.165, 1.54) is 4.90 Å². The largest absolute Gasteiger partial charge is 0.489 e. The number of fused-ring (bicyclic) bond motifs is 1. The summed E-state index contributed by atoms with van der Waals surface area (Å²) in [6.07, 6.45) is 0.0288. The average Bonchev–Trinajstić information content (AvgIpc) is 2.91. The molecule has 0 saturated carbocycles. The minimum absolute atomic E-state index is 0.128. The smallest absolute Gasteiger partial charge is 0.407 e. The first kappa shape index (κ1) is 26.9. The summed E-state index contributed by atoms with van der Waals surface area (Å²) in [5.74, 6) is -2.36. The number of aromatic nitrogens is 1. The van der Waals surface area contributed by atoms with Crippen molar-refractivity contribution >= 4 is 34.5 Å². The molecule has 1 saturated heterocycles. The second-order valence-corrected chi connectivity index (χ2v) is 9.47. The fourth-order valence-corrected chi connectivity index (χ4v) is 5.23. The normalized spacial score (nSPS) is 19.1. The van der Waals surface area contributed by atoms with Gasteiger partial charge in [0, 0.05) is 34.9 Å². The van der Waals surface area contributed by atoms with Gasteiger partial charge in [0.1, 0.15) is 12.4 Å². The van der Waals surface area contributed by atoms with E-state index in [2.05, 4.69) is 10.3 Å². The third-order valence-electron chi connectivity index (χ3n) is 6.96. The molecule has 1 aromatic heterocycles. The Hall–Kier alpha value is -4.18. The average molecular weight is 521 g/mol. The monoisotopic (exact) mass is 520 g/mol. The number of para-hydroxylation sites is 1. The summed E-state index contributed by atoms with van der Waals surface area (Å²) < 4.78 is 5.99. The predicted octanol–water partition coefficient (Wildman–Crippen LogP) is 4.35. The highest BCUT2D eigenvalue weighted by molar-refractivity contribution is 5.96. The van der Waals surface area contributed by atoms with Crippen LogP contribution in [0.1, 0.15) is 37.4 Å². The van der Waals surface area contributed by atoms with Crippen molar-refractivity contribution in [2.75, 3.05) is 11.9 Å². The van der Waals surface area contributed by atoms with Crippen molar-refractivity contribution in [1.82, 2.24) is 15.4 Å². The predicted molar refractivity (Wildman–Crippen MR) is 141 cm³/mol. The van der Waals surface area contributed by atoms with Gasteiger partial charge in [-0.15, -0.1) is 0 Å². The van der Waals surface area contributed by atoms with Gasteiger partial charge in [-0.25, -0.2) is 10.3 Å². The van der Waals surface area contributed by atoms with Crippen molar-refractivity contribution in [3.8, 4) is 5.75 Å². The van der Waals surface area contributed by atoms with Crippen molar-refractivity contribution in [2.45, 2.75) is 45.8 Å². The molecule has 10 nitrogen and oxygen atoms in total. The Morgan fingerprint density at radius 2 is 1.84 bits per heavy atom. The molecule has 1 aliphatic heterocycles. The molecule has 38 heavy (non-hydrogen) atoms. The number of carboxylic acid groups (broad SMARTS) is 1. The number of hydroxylamine groups is 1. The van der Waals surface area contributed by atoms with Crippen LogP contribution in [-0.2, 0) is 16.2 Å². The van der Waals surface area contributed by atoms with Crippen LogP contribution in [0.2, 0.25) is 0 Å². The fraction of sp³-hybridized carbons (Fsp3) is 0.357. The molecule has 3 aromatic rings. The maximum atomic E-state index is 13.2. The number of benzene rings is 2. The van der Waals surface area contributed by atoms with E-state index in [4.69, 9.17) is 4.74 Å². The lowest BCUT2D eigenvalue weighted by Crippen LogP contribution is -2.57. The molecular formula is C28H32N4O6. The Balaban J connectivity index is 1.44. The maximum Gasteiger partial charge on any atom is 0.407 e. The lowest BCUT2D eigenvalue weighted by molar-refractivity contribution is -0.144. The first-order valence-corrected chi connectivity index (χ1v) is 12.6. The first-order valence-electron chi connectivity index (χ1n) is 12.6. The van der Waals surface area contributed by atoms with Gasteiger partial charge in [0.2, 0.25) is 11.8 Å². The highest BCUT2D eigenvalue weighted by Crippen LogP contribution is 2.33. The van der Waals surface area contributed by atoms with E-state index in [9.17, 15) is 24.7 Å². The minimum atomic E-state index is -1.15. The van der Waals surface area contributed by atoms with E-state index in [0.717, 1.165) is 22.2 Å². The number of nitrogens with zero attached hydrogens (tertiary/aromatic N) is 2. The number of ether oxygens (including phenoxy) is 1. The van der Waals surface area contributed by atoms with Gasteiger partial charge in [-0.2, -0.15) is 0 Å². The second kappa shape index (κ2) is 11.9. The van der Waals surface area contributed by atoms with Crippen LogP contribution < -0.4 is 15.5 Å². The number of nitrogens with one attached hydrogen (secondary N) is 2. The van der Waals surface area contributed by atoms with Crippen molar-refractivity contribution in [2.24, 2.45) is 11.8 Å². The third-order valence-corrected chi connectivity index (χ3v) is 6.96. The van der Waals surface area contributed by atoms with Crippen LogP contribution in [0.25, 0.3) is 10.9 Å². The van der Waals surface area contributed by atoms with Crippen molar-refractivity contribution in [1.29, 1.82) is 0 Å². The Labute approximate surface area is 220 Å². The summed E-state index contributed by atoms with van der Waals surface area (Å²) >= 11 is 0. The van der Waals surface area contributed by atoms with Crippen LogP contribution in [0.15, 0.2) is 54.6 Å². The second-order valence-electron chi connectivity index (χ2n) is 9.47. The highest BCUT2D eigenvalue weighted by atomic mass is 16.5. The van der Waals surface area contributed by atoms with Crippen LogP contribution in [0.3, 0.4) is 0 Å². The molecule has 4 rings (SSSR count). The van der Waals surface area contributed by atoms with E-state index in [1.54, 1.807) is 29.7 Å². The summed E-state index contributed by atoms with van der Waals surface area (Å²) in [6.45, 7) is 4.30. The number of hydrogen-bond donors (Lipinski definition) is 4. The number of rotatable bonds is 8. The van der Waals surface area contributed by atoms with Crippen LogP contribution in [0, 0.1) is 18.8 Å². The van der Waals surface area contributed by atoms with E-state index >= 15 is 0 Å². The zero-order valence-electron chi connectivity index (χ0n) is 21.4. The van der Waals surface area contributed by atoms with Crippen LogP contribution in [0.5, 0.6) is 5.75 Å². The first-order chi connectivity index (χ1) is 18.3. The van der Waals surface area contributed by atoms with Crippen LogP contribution >= 0.6 is 0 Å². The summed E-state index contributed by atoms with van der Waals surface area (Å²) in [5, 5.41) is 22.8. The van der Waals surface area contributed by atoms with Crippen molar-refractivity contribution < 1.29 is 29.4 Å². The number of piperidine rings is 1. The molecule has 0 bridgehead atoms. The highest BCUT2D eigenvalue weighted by Gasteiger charge is 2.46. The standard InChI is InChI=1S/C28H32N4O6/c1-3-6-24-25(27(34)31-37)22(13-14-32(24)28(35)36)26(33)30-19-9-11-20(12-10-19)38-16-18-15-17(2)29-23-8-5-4-7-21(18)23/h4-5,7-12,15,22,24-25,37H,3,6,13-14,16H2,1-2H3,(H,30,33)(H,31,34)(H,35,36)/t22?,24-,25+/m1/s1. The number of carbonyl (C=O) groups excluding carboxylic acids is 2. The van der Waals surface area contributed by atoms with Gasteiger partial charge in [-0.1, -0.05) is 31.5 Å². The van der Waals surface area contributed by atoms with Crippen molar-refractivity contribution in [3.63, 3.8) is 0 Å². The molecule has 1 fully saturated rings. The Bertz CT molecular complexity index is 1310. The molecule has 0 radical (unpaired) electrons. The van der Waals surface area contributed by atoms with E-state index in [-0.39, 0.29) is 13.0 Å². The van der Waals surface area contributed by atoms with Crippen molar-refractivity contribution in [3.05, 3.63) is 65.9 Å². The SMILES string of the molecule is CCC[C@@H]1[C@@H](C(=O)NO)C(C(=O)Nc2ccc(OCc3cc(C)nc4ccccc34)cc2)CCN1C(=O)O. The lowest BCUT2D eigenvalue weighted by Gasteiger charge is -2.42. The summed E-state index contributed by atoms with van der Waals surface area (Å²) in [4.78, 5) is 43.2. The van der Waals surface area contributed by atoms with E-state index < -0.39 is 35.8 Å². The molecule has 2 heterocycles. The van der Waals surface area contributed by atoms with Gasteiger partial charge in [0.05, 0.1) is 17.4 Å². The van der Waals surface area contributed by atoms with Gasteiger partial charge < -0.3 is 20.1 Å². The van der Waals surface area contributed by atoms with Crippen LogP contribution in [-0.4, -0.2) is 50.7 Å². The molecule has 3 amide bonds. The Morgan fingerprint density at radius 1 is 1.11 bits per heavy atom. The van der Waals surface area contributed by atoms with Gasteiger partial charge in [-0.05, 0) is 56.2 Å². The number of carbonyl (C=O) groups is 3. The Kier molecular flexibility index (Phi) is 8.42. The topological polar surface area (TPSA) is 141 Å². The maximum absolute atomic E-state index is 13.2. The molecule has 0 spiro atoms. The number of anilines is 1. The fourth-order valence-electron chi connectivity index (χ4n) is 5.23. The van der Waals surface area contributed by atoms with Gasteiger partial charge >= 0.3 is 6.09 Å². The summed E-state index contributed by atoms with van der Waals surface area (Å²) in [7, 11) is 0. The number of likely N-dealkylation sites (tertiary alicyclic amines) is 1. The molecule has 200 valence electrons. The minimum Gasteiger partial charge on any atom is -0.489 e. The van der Waals surface area contributed by atoms with E-state index in [1.807, 2.05) is 44.2 Å². The van der Waals surface area contributed by atoms with E-state index in [0.29, 0.717) is 30.9 Å². The van der Waals surface area contributed by atoms with Gasteiger partial charge in [0.25, 0.3) is 0 Å². The molecule has 1 unspecified atom stereocenters. The lowest BCUT2D eigenvalue weighted by atomic mass is 9.77. The molecule has 0 aliphatic carbocycles. The number of aryl methyl sites for hydroxylation is 1. The quantitative estimate of drug-likeness (QED) is 0.256. The molecule has 3 atom stereocenters.